The fraction of sp³-hybridized carbons (Fsp3) is 0.500. The highest BCUT2D eigenvalue weighted by Crippen LogP contribution is 2.28. The van der Waals surface area contributed by atoms with Gasteiger partial charge >= 0.3 is 0 Å². The van der Waals surface area contributed by atoms with Gasteiger partial charge in [-0.15, -0.1) is 4.40 Å². The molecule has 0 bridgehead atoms. The van der Waals surface area contributed by atoms with Gasteiger partial charge in [0.2, 0.25) is 0 Å². The maximum Gasteiger partial charge on any atom is 0.285 e. The molecule has 0 atom stereocenters. The van der Waals surface area contributed by atoms with E-state index in [0.717, 1.165) is 26.1 Å². The van der Waals surface area contributed by atoms with Gasteiger partial charge in [0, 0.05) is 13.1 Å². The molecule has 1 aromatic rings. The minimum atomic E-state index is -3.52. The van der Waals surface area contributed by atoms with E-state index in [1.807, 2.05) is 17.0 Å². The molecule has 2 rings (SSSR count). The lowest BCUT2D eigenvalue weighted by atomic mass is 10.3. The molecule has 7 heteroatoms. The number of nitrogens with one attached hydrogen (secondary N) is 1. The lowest BCUT2D eigenvalue weighted by Crippen LogP contribution is -2.34. The number of rotatable bonds is 7. The van der Waals surface area contributed by atoms with Gasteiger partial charge in [0.1, 0.15) is 11.2 Å². The van der Waals surface area contributed by atoms with Crippen molar-refractivity contribution in [3.8, 4) is 0 Å². The molecule has 0 amide bonds. The Morgan fingerprint density at radius 1 is 1.24 bits per heavy atom. The van der Waals surface area contributed by atoms with Crippen LogP contribution in [0.3, 0.4) is 0 Å². The van der Waals surface area contributed by atoms with E-state index in [2.05, 4.69) is 28.7 Å². The van der Waals surface area contributed by atoms with Crippen LogP contribution < -0.4 is 10.2 Å². The van der Waals surface area contributed by atoms with Crippen molar-refractivity contribution >= 4 is 22.0 Å². The minimum absolute atomic E-state index is 0.278. The van der Waals surface area contributed by atoms with Crippen molar-refractivity contribution in [2.75, 3.05) is 45.2 Å². The van der Waals surface area contributed by atoms with E-state index in [0.29, 0.717) is 12.2 Å². The number of hydrogen-bond acceptors (Lipinski definition) is 5. The fourth-order valence-electron chi connectivity index (χ4n) is 2.17. The molecule has 1 aliphatic rings. The molecule has 0 saturated carbocycles. The van der Waals surface area contributed by atoms with E-state index in [-0.39, 0.29) is 4.90 Å². The molecule has 0 aromatic heterocycles. The van der Waals surface area contributed by atoms with Crippen molar-refractivity contribution in [1.82, 2.24) is 10.2 Å². The van der Waals surface area contributed by atoms with Crippen LogP contribution in [0.5, 0.6) is 0 Å². The van der Waals surface area contributed by atoms with Gasteiger partial charge in [0.15, 0.2) is 0 Å². The molecule has 0 saturated heterocycles. The predicted molar refractivity (Wildman–Crippen MR) is 85.5 cm³/mol. The van der Waals surface area contributed by atoms with Crippen LogP contribution in [-0.4, -0.2) is 59.9 Å². The molecule has 0 fully saturated rings. The third-order valence-electron chi connectivity index (χ3n) is 3.27. The second-order valence-corrected chi connectivity index (χ2v) is 6.86. The zero-order valence-electron chi connectivity index (χ0n) is 12.5. The van der Waals surface area contributed by atoms with Gasteiger partial charge in [-0.25, -0.2) is 0 Å². The van der Waals surface area contributed by atoms with Gasteiger partial charge in [-0.1, -0.05) is 12.1 Å². The standard InChI is InChI=1S/C14H22N4O2S/c1-17(2)10-5-8-15-9-11-18-12-16-21(19,20)14-7-4-3-6-13(14)18/h3-4,6-7,12,15H,5,8-11H2,1-2H3. The molecule has 1 heterocycles. The Labute approximate surface area is 126 Å². The number of para-hydroxylation sites is 1. The van der Waals surface area contributed by atoms with Crippen LogP contribution in [0.15, 0.2) is 33.6 Å². The zero-order chi connectivity index (χ0) is 15.3. The number of nitrogens with zero attached hydrogens (tertiary/aromatic N) is 3. The third kappa shape index (κ3) is 4.26. The SMILES string of the molecule is CN(C)CCCNCCN1C=NS(=O)(=O)c2ccccc21. The monoisotopic (exact) mass is 310 g/mol. The van der Waals surface area contributed by atoms with Crippen molar-refractivity contribution in [2.24, 2.45) is 4.40 Å². The molecule has 0 unspecified atom stereocenters. The first kappa shape index (κ1) is 15.9. The summed E-state index contributed by atoms with van der Waals surface area (Å²) in [6.07, 6.45) is 2.49. The lowest BCUT2D eigenvalue weighted by molar-refractivity contribution is 0.395. The Bertz CT molecular complexity index is 599. The number of anilines is 1. The molecule has 0 aliphatic carbocycles. The predicted octanol–water partition coefficient (Wildman–Crippen LogP) is 0.765. The molecule has 1 aromatic carbocycles. The highest BCUT2D eigenvalue weighted by atomic mass is 32.2. The van der Waals surface area contributed by atoms with E-state index >= 15 is 0 Å². The first-order valence-electron chi connectivity index (χ1n) is 7.02. The number of fused-ring (bicyclic) bond motifs is 1. The van der Waals surface area contributed by atoms with Crippen LogP contribution in [0, 0.1) is 0 Å². The molecule has 1 aliphatic heterocycles. The highest BCUT2D eigenvalue weighted by molar-refractivity contribution is 7.90. The number of hydrogen-bond donors (Lipinski definition) is 1. The Morgan fingerprint density at radius 3 is 2.76 bits per heavy atom. The average molecular weight is 310 g/mol. The topological polar surface area (TPSA) is 65.0 Å². The van der Waals surface area contributed by atoms with Crippen molar-refractivity contribution < 1.29 is 8.42 Å². The fourth-order valence-corrected chi connectivity index (χ4v) is 3.23. The smallest absolute Gasteiger partial charge is 0.285 e. The average Bonchev–Trinajstić information content (AvgIpc) is 2.45. The van der Waals surface area contributed by atoms with Crippen LogP contribution in [-0.2, 0) is 10.0 Å². The second-order valence-electron chi connectivity index (χ2n) is 5.26. The molecule has 116 valence electrons. The van der Waals surface area contributed by atoms with Crippen molar-refractivity contribution in [3.05, 3.63) is 24.3 Å². The van der Waals surface area contributed by atoms with Gasteiger partial charge < -0.3 is 15.1 Å². The second kappa shape index (κ2) is 7.02. The quantitative estimate of drug-likeness (QED) is 0.754. The molecule has 0 spiro atoms. The molecular weight excluding hydrogens is 288 g/mol. The molecular formula is C14H22N4O2S. The van der Waals surface area contributed by atoms with Crippen LogP contribution in [0.2, 0.25) is 0 Å². The van der Waals surface area contributed by atoms with Crippen LogP contribution in [0.4, 0.5) is 5.69 Å². The lowest BCUT2D eigenvalue weighted by Gasteiger charge is -2.25. The molecule has 0 radical (unpaired) electrons. The van der Waals surface area contributed by atoms with Crippen molar-refractivity contribution in [3.63, 3.8) is 0 Å². The Kier molecular flexibility index (Phi) is 5.33. The summed E-state index contributed by atoms with van der Waals surface area (Å²) in [5, 5.41) is 3.36. The Morgan fingerprint density at radius 2 is 2.00 bits per heavy atom. The molecule has 1 N–H and O–H groups in total. The Hall–Kier alpha value is -1.44. The summed E-state index contributed by atoms with van der Waals surface area (Å²) in [4.78, 5) is 4.30. The van der Waals surface area contributed by atoms with Crippen LogP contribution in [0.1, 0.15) is 6.42 Å². The van der Waals surface area contributed by atoms with E-state index in [9.17, 15) is 8.42 Å². The number of benzene rings is 1. The normalized spacial score (nSPS) is 16.2. The van der Waals surface area contributed by atoms with E-state index < -0.39 is 10.0 Å². The maximum absolute atomic E-state index is 11.9. The first-order chi connectivity index (χ1) is 10.0. The van der Waals surface area contributed by atoms with Crippen LogP contribution >= 0.6 is 0 Å². The summed E-state index contributed by atoms with van der Waals surface area (Å²) in [6, 6.07) is 6.96. The summed E-state index contributed by atoms with van der Waals surface area (Å²) >= 11 is 0. The van der Waals surface area contributed by atoms with Gasteiger partial charge in [-0.3, -0.25) is 0 Å². The van der Waals surface area contributed by atoms with Gasteiger partial charge in [0.05, 0.1) is 5.69 Å². The van der Waals surface area contributed by atoms with Crippen molar-refractivity contribution in [1.29, 1.82) is 0 Å². The maximum atomic E-state index is 11.9. The highest BCUT2D eigenvalue weighted by Gasteiger charge is 2.24. The van der Waals surface area contributed by atoms with Gasteiger partial charge in [-0.2, -0.15) is 8.42 Å². The summed E-state index contributed by atoms with van der Waals surface area (Å²) < 4.78 is 27.4. The third-order valence-corrected chi connectivity index (χ3v) is 4.54. The number of sulfonamides is 1. The molecule has 21 heavy (non-hydrogen) atoms. The van der Waals surface area contributed by atoms with Crippen molar-refractivity contribution in [2.45, 2.75) is 11.3 Å². The zero-order valence-corrected chi connectivity index (χ0v) is 13.3. The van der Waals surface area contributed by atoms with Crippen LogP contribution in [0.25, 0.3) is 0 Å². The minimum Gasteiger partial charge on any atom is -0.329 e. The Balaban J connectivity index is 1.88. The van der Waals surface area contributed by atoms with E-state index in [1.54, 1.807) is 12.1 Å². The largest absolute Gasteiger partial charge is 0.329 e. The summed E-state index contributed by atoms with van der Waals surface area (Å²) in [5.41, 5.74) is 0.697. The summed E-state index contributed by atoms with van der Waals surface area (Å²) in [5.74, 6) is 0. The summed E-state index contributed by atoms with van der Waals surface area (Å²) in [6.45, 7) is 3.48. The first-order valence-corrected chi connectivity index (χ1v) is 8.46. The summed E-state index contributed by atoms with van der Waals surface area (Å²) in [7, 11) is 0.592. The van der Waals surface area contributed by atoms with Gasteiger partial charge in [0.25, 0.3) is 10.0 Å². The van der Waals surface area contributed by atoms with E-state index in [4.69, 9.17) is 0 Å². The van der Waals surface area contributed by atoms with Gasteiger partial charge in [-0.05, 0) is 45.7 Å². The molecule has 6 nitrogen and oxygen atoms in total. The van der Waals surface area contributed by atoms with E-state index in [1.165, 1.54) is 6.34 Å².